The first-order chi connectivity index (χ1) is 15.0. The van der Waals surface area contributed by atoms with Crippen LogP contribution in [0.15, 0.2) is 72.8 Å². The molecule has 0 fully saturated rings. The Hall–Kier alpha value is -4.53. The zero-order valence-corrected chi connectivity index (χ0v) is 16.1. The molecule has 0 radical (unpaired) electrons. The minimum Gasteiger partial charge on any atom is -0.371 e. The van der Waals surface area contributed by atoms with Crippen molar-refractivity contribution in [1.29, 1.82) is 0 Å². The van der Waals surface area contributed by atoms with Gasteiger partial charge >= 0.3 is 0 Å². The maximum Gasteiger partial charge on any atom is 0.292 e. The highest BCUT2D eigenvalue weighted by molar-refractivity contribution is 6.34. The maximum absolute atomic E-state index is 12.6. The number of amides is 3. The molecular formula is C22H16N4O5. The monoisotopic (exact) mass is 416 g/mol. The number of hydrogen-bond acceptors (Lipinski definition) is 6. The van der Waals surface area contributed by atoms with Crippen LogP contribution in [0.3, 0.4) is 0 Å². The van der Waals surface area contributed by atoms with Gasteiger partial charge in [-0.25, -0.2) is 4.90 Å². The standard InChI is InChI=1S/C22H16N4O5/c27-20(13-23-18-10-3-4-11-19(18)26(30)31)24-14-6-5-7-15(12-14)25-21(28)16-8-1-2-9-17(16)22(25)29/h1-12,23H,13H2,(H,24,27). The van der Waals surface area contributed by atoms with Gasteiger partial charge in [0.05, 0.1) is 28.3 Å². The van der Waals surface area contributed by atoms with Gasteiger partial charge in [-0.2, -0.15) is 0 Å². The molecule has 3 amide bonds. The fourth-order valence-electron chi connectivity index (χ4n) is 3.31. The molecule has 154 valence electrons. The summed E-state index contributed by atoms with van der Waals surface area (Å²) in [4.78, 5) is 49.2. The quantitative estimate of drug-likeness (QED) is 0.361. The molecule has 0 atom stereocenters. The summed E-state index contributed by atoms with van der Waals surface area (Å²) in [5, 5.41) is 16.5. The van der Waals surface area contributed by atoms with Crippen molar-refractivity contribution in [3.05, 3.63) is 94.0 Å². The molecule has 0 aromatic heterocycles. The minimum absolute atomic E-state index is 0.136. The van der Waals surface area contributed by atoms with E-state index in [9.17, 15) is 24.5 Å². The second-order valence-electron chi connectivity index (χ2n) is 6.72. The fraction of sp³-hybridized carbons (Fsp3) is 0.0455. The van der Waals surface area contributed by atoms with Crippen molar-refractivity contribution in [2.45, 2.75) is 0 Å². The van der Waals surface area contributed by atoms with Crippen LogP contribution in [0.4, 0.5) is 22.7 Å². The zero-order chi connectivity index (χ0) is 22.0. The summed E-state index contributed by atoms with van der Waals surface area (Å²) in [6.45, 7) is -0.206. The zero-order valence-electron chi connectivity index (χ0n) is 16.1. The molecule has 0 unspecified atom stereocenters. The van der Waals surface area contributed by atoms with Crippen LogP contribution in [-0.4, -0.2) is 29.2 Å². The normalized spacial score (nSPS) is 12.5. The third-order valence-corrected chi connectivity index (χ3v) is 4.72. The number of nitrogens with zero attached hydrogens (tertiary/aromatic N) is 2. The summed E-state index contributed by atoms with van der Waals surface area (Å²) in [6.07, 6.45) is 0. The number of para-hydroxylation sites is 2. The molecule has 9 heteroatoms. The lowest BCUT2D eigenvalue weighted by atomic mass is 10.1. The van der Waals surface area contributed by atoms with Crippen molar-refractivity contribution >= 4 is 40.5 Å². The van der Waals surface area contributed by atoms with E-state index in [2.05, 4.69) is 10.6 Å². The summed E-state index contributed by atoms with van der Waals surface area (Å²) < 4.78 is 0. The van der Waals surface area contributed by atoms with Crippen LogP contribution in [0.1, 0.15) is 20.7 Å². The first kappa shape index (κ1) is 19.8. The van der Waals surface area contributed by atoms with E-state index in [1.807, 2.05) is 0 Å². The molecule has 31 heavy (non-hydrogen) atoms. The number of nitro benzene ring substituents is 1. The summed E-state index contributed by atoms with van der Waals surface area (Å²) in [5.41, 5.74) is 1.45. The van der Waals surface area contributed by atoms with Gasteiger partial charge in [0.2, 0.25) is 5.91 Å². The molecule has 1 aliphatic heterocycles. The van der Waals surface area contributed by atoms with Gasteiger partial charge in [-0.05, 0) is 36.4 Å². The average Bonchev–Trinajstić information content (AvgIpc) is 3.03. The van der Waals surface area contributed by atoms with E-state index >= 15 is 0 Å². The Labute approximate surface area is 176 Å². The third kappa shape index (κ3) is 3.84. The van der Waals surface area contributed by atoms with Gasteiger partial charge in [0, 0.05) is 11.8 Å². The minimum atomic E-state index is -0.536. The van der Waals surface area contributed by atoms with E-state index in [0.29, 0.717) is 22.5 Å². The number of rotatable bonds is 6. The van der Waals surface area contributed by atoms with Gasteiger partial charge in [0.25, 0.3) is 17.5 Å². The first-order valence-corrected chi connectivity index (χ1v) is 9.31. The molecule has 0 saturated carbocycles. The lowest BCUT2D eigenvalue weighted by molar-refractivity contribution is -0.383. The molecule has 9 nitrogen and oxygen atoms in total. The molecule has 0 saturated heterocycles. The highest BCUT2D eigenvalue weighted by Gasteiger charge is 2.36. The van der Waals surface area contributed by atoms with Gasteiger partial charge in [-0.3, -0.25) is 24.5 Å². The number of fused-ring (bicyclic) bond motifs is 1. The molecule has 0 bridgehead atoms. The Kier molecular flexibility index (Phi) is 5.15. The summed E-state index contributed by atoms with van der Waals surface area (Å²) in [7, 11) is 0. The van der Waals surface area contributed by atoms with E-state index in [1.54, 1.807) is 48.5 Å². The van der Waals surface area contributed by atoms with E-state index < -0.39 is 22.6 Å². The molecular weight excluding hydrogens is 400 g/mol. The number of carbonyl (C=O) groups is 3. The Bertz CT molecular complexity index is 1190. The predicted molar refractivity (Wildman–Crippen MR) is 114 cm³/mol. The van der Waals surface area contributed by atoms with Gasteiger partial charge in [-0.15, -0.1) is 0 Å². The lowest BCUT2D eigenvalue weighted by Gasteiger charge is -2.15. The largest absolute Gasteiger partial charge is 0.371 e. The molecule has 0 aliphatic carbocycles. The van der Waals surface area contributed by atoms with Crippen LogP contribution < -0.4 is 15.5 Å². The van der Waals surface area contributed by atoms with Crippen LogP contribution in [0, 0.1) is 10.1 Å². The fourth-order valence-corrected chi connectivity index (χ4v) is 3.31. The number of hydrogen-bond donors (Lipinski definition) is 2. The highest BCUT2D eigenvalue weighted by Crippen LogP contribution is 2.29. The lowest BCUT2D eigenvalue weighted by Crippen LogP contribution is -2.29. The van der Waals surface area contributed by atoms with Crippen LogP contribution in [0.25, 0.3) is 0 Å². The van der Waals surface area contributed by atoms with Crippen molar-refractivity contribution in [3.8, 4) is 0 Å². The Morgan fingerprint density at radius 2 is 1.55 bits per heavy atom. The van der Waals surface area contributed by atoms with Crippen molar-refractivity contribution in [3.63, 3.8) is 0 Å². The van der Waals surface area contributed by atoms with E-state index in [1.165, 1.54) is 24.3 Å². The number of carbonyl (C=O) groups excluding carboxylic acids is 3. The van der Waals surface area contributed by atoms with Crippen LogP contribution >= 0.6 is 0 Å². The number of nitro groups is 1. The molecule has 3 aromatic rings. The first-order valence-electron chi connectivity index (χ1n) is 9.31. The van der Waals surface area contributed by atoms with Crippen molar-refractivity contribution in [1.82, 2.24) is 0 Å². The molecule has 1 aliphatic rings. The summed E-state index contributed by atoms with van der Waals surface area (Å²) in [5.74, 6) is -1.30. The number of imide groups is 1. The smallest absolute Gasteiger partial charge is 0.292 e. The number of nitrogens with one attached hydrogen (secondary N) is 2. The van der Waals surface area contributed by atoms with Gasteiger partial charge in [-0.1, -0.05) is 30.3 Å². The molecule has 2 N–H and O–H groups in total. The van der Waals surface area contributed by atoms with Crippen molar-refractivity contribution in [2.24, 2.45) is 0 Å². The Balaban J connectivity index is 1.46. The van der Waals surface area contributed by atoms with E-state index in [0.717, 1.165) is 4.90 Å². The summed E-state index contributed by atoms with van der Waals surface area (Å²) in [6, 6.07) is 18.9. The Morgan fingerprint density at radius 1 is 0.903 bits per heavy atom. The predicted octanol–water partition coefficient (Wildman–Crippen LogP) is 3.45. The van der Waals surface area contributed by atoms with Gasteiger partial charge in [0.15, 0.2) is 0 Å². The Morgan fingerprint density at radius 3 is 2.23 bits per heavy atom. The second kappa shape index (κ2) is 8.07. The van der Waals surface area contributed by atoms with Crippen LogP contribution in [0.2, 0.25) is 0 Å². The molecule has 0 spiro atoms. The second-order valence-corrected chi connectivity index (χ2v) is 6.72. The van der Waals surface area contributed by atoms with E-state index in [4.69, 9.17) is 0 Å². The topological polar surface area (TPSA) is 122 Å². The third-order valence-electron chi connectivity index (χ3n) is 4.72. The maximum atomic E-state index is 12.6. The number of anilines is 3. The average molecular weight is 416 g/mol. The highest BCUT2D eigenvalue weighted by atomic mass is 16.6. The van der Waals surface area contributed by atoms with Crippen molar-refractivity contribution < 1.29 is 19.3 Å². The molecule has 3 aromatic carbocycles. The summed E-state index contributed by atoms with van der Waals surface area (Å²) >= 11 is 0. The molecule has 1 heterocycles. The molecule has 4 rings (SSSR count). The van der Waals surface area contributed by atoms with E-state index in [-0.39, 0.29) is 17.9 Å². The van der Waals surface area contributed by atoms with Crippen LogP contribution in [-0.2, 0) is 4.79 Å². The van der Waals surface area contributed by atoms with Gasteiger partial charge in [0.1, 0.15) is 5.69 Å². The van der Waals surface area contributed by atoms with Crippen LogP contribution in [0.5, 0.6) is 0 Å². The van der Waals surface area contributed by atoms with Gasteiger partial charge < -0.3 is 10.6 Å². The van der Waals surface area contributed by atoms with Crippen molar-refractivity contribution in [2.75, 3.05) is 22.1 Å². The SMILES string of the molecule is O=C(CNc1ccccc1[N+](=O)[O-])Nc1cccc(N2C(=O)c3ccccc3C2=O)c1. The number of benzene rings is 3.